The van der Waals surface area contributed by atoms with Gasteiger partial charge in [0.2, 0.25) is 0 Å². The Morgan fingerprint density at radius 1 is 0.155 bits per heavy atom. The normalized spacial score (nSPS) is 11.4. The molecular formula is C84H84. The SMILES string of the molecule is CCCCCc1c(CCCCC)c2ccc(cc2)c2ccccc2c2ccc(cc2)c2ccccc2c2ccc1cc2.CCCCCc1c(CCCCC)c2ccc(cc2)c2ccccc2c2ccc(cc2)c2ccccc2c2ccc1cc2. The van der Waals surface area contributed by atoms with Gasteiger partial charge in [0, 0.05) is 0 Å². The fourth-order valence-corrected chi connectivity index (χ4v) is 13.1. The van der Waals surface area contributed by atoms with E-state index in [-0.39, 0.29) is 0 Å². The van der Waals surface area contributed by atoms with Crippen molar-refractivity contribution in [2.45, 2.75) is 130 Å². The molecule has 420 valence electrons. The van der Waals surface area contributed by atoms with Crippen molar-refractivity contribution in [2.24, 2.45) is 0 Å². The number of unbranched alkanes of at least 4 members (excludes halogenated alkanes) is 8. The molecule has 0 heterocycles. The first-order valence-electron chi connectivity index (χ1n) is 32.0. The molecule has 0 amide bonds. The third-order valence-corrected chi connectivity index (χ3v) is 17.7. The Bertz CT molecular complexity index is 3800. The number of benzene rings is 10. The molecule has 0 nitrogen and oxygen atoms in total. The van der Waals surface area contributed by atoms with Gasteiger partial charge in [0.15, 0.2) is 0 Å². The molecule has 0 aliphatic rings. The van der Waals surface area contributed by atoms with Gasteiger partial charge in [-0.15, -0.1) is 0 Å². The summed E-state index contributed by atoms with van der Waals surface area (Å²) in [6.45, 7) is 9.21. The van der Waals surface area contributed by atoms with Crippen molar-refractivity contribution in [1.29, 1.82) is 0 Å². The fraction of sp³-hybridized carbons (Fsp3) is 0.238. The standard InChI is InChI=1S/2C42H42/c2*1-3-5-7-13-37-31-19-23-33(24-20-31)39-15-9-11-17-41(39)35-27-29-36(30-28-35)42-18-12-10-16-40(42)34-25-21-32(22-26-34)38(37)14-8-6-4-2/h2*9-12,15-30H,3-8,13-14H2,1-2H3. The first kappa shape index (κ1) is 57.5. The van der Waals surface area contributed by atoms with Gasteiger partial charge in [0.25, 0.3) is 0 Å². The molecule has 0 aliphatic carbocycles. The van der Waals surface area contributed by atoms with Crippen LogP contribution in [0.3, 0.4) is 0 Å². The van der Waals surface area contributed by atoms with Crippen molar-refractivity contribution in [3.63, 3.8) is 0 Å². The zero-order valence-corrected chi connectivity index (χ0v) is 50.4. The van der Waals surface area contributed by atoms with Crippen LogP contribution in [-0.4, -0.2) is 0 Å². The maximum absolute atomic E-state index is 2.38. The molecule has 18 aromatic rings. The van der Waals surface area contributed by atoms with Crippen LogP contribution in [0.1, 0.15) is 127 Å². The molecule has 18 aromatic carbocycles. The van der Waals surface area contributed by atoms with Crippen LogP contribution < -0.4 is 0 Å². The predicted octanol–water partition coefficient (Wildman–Crippen LogP) is 25.2. The lowest BCUT2D eigenvalue weighted by Gasteiger charge is -2.13. The number of rotatable bonds is 16. The van der Waals surface area contributed by atoms with E-state index in [1.807, 2.05) is 0 Å². The predicted molar refractivity (Wildman–Crippen MR) is 374 cm³/mol. The van der Waals surface area contributed by atoms with E-state index >= 15 is 0 Å². The minimum absolute atomic E-state index is 1.13. The summed E-state index contributed by atoms with van der Waals surface area (Å²) in [5, 5.41) is 25.8. The molecule has 84 heavy (non-hydrogen) atoms. The molecule has 0 unspecified atom stereocenters. The molecule has 12 bridgehead atoms. The lowest BCUT2D eigenvalue weighted by atomic mass is 9.92. The summed E-state index contributed by atoms with van der Waals surface area (Å²) in [7, 11) is 0. The lowest BCUT2D eigenvalue weighted by molar-refractivity contribution is 0.698. The Labute approximate surface area is 500 Å². The topological polar surface area (TPSA) is 0 Å². The van der Waals surface area contributed by atoms with E-state index in [1.54, 1.807) is 0 Å². The van der Waals surface area contributed by atoms with Crippen LogP contribution in [0.15, 0.2) is 243 Å². The Hall–Kier alpha value is -8.32. The highest BCUT2D eigenvalue weighted by Crippen LogP contribution is 2.33. The van der Waals surface area contributed by atoms with E-state index in [0.717, 1.165) is 25.7 Å². The quantitative estimate of drug-likeness (QED) is 0.0846. The number of hydrogen-bond acceptors (Lipinski definition) is 0. The number of aryl methyl sites for hydroxylation is 4. The van der Waals surface area contributed by atoms with E-state index in [2.05, 4.69) is 270 Å². The van der Waals surface area contributed by atoms with Crippen LogP contribution >= 0.6 is 0 Å². The zero-order chi connectivity index (χ0) is 57.5. The second-order valence-corrected chi connectivity index (χ2v) is 23.4. The van der Waals surface area contributed by atoms with Crippen molar-refractivity contribution in [1.82, 2.24) is 0 Å². The molecule has 0 N–H and O–H groups in total. The van der Waals surface area contributed by atoms with Crippen LogP contribution in [0.25, 0.3) is 108 Å². The third kappa shape index (κ3) is 13.2. The van der Waals surface area contributed by atoms with E-state index in [1.165, 1.54) is 207 Å². The van der Waals surface area contributed by atoms with Crippen molar-refractivity contribution < 1.29 is 0 Å². The van der Waals surface area contributed by atoms with Gasteiger partial charge < -0.3 is 0 Å². The molecule has 0 heteroatoms. The Morgan fingerprint density at radius 2 is 0.286 bits per heavy atom. The summed E-state index contributed by atoms with van der Waals surface area (Å²) in [5.41, 5.74) is 6.12. The second kappa shape index (κ2) is 28.3. The average molecular weight is 1090 g/mol. The maximum atomic E-state index is 2.38. The fourth-order valence-electron chi connectivity index (χ4n) is 13.1. The third-order valence-electron chi connectivity index (χ3n) is 17.7. The Balaban J connectivity index is 0.000000175. The molecule has 0 aliphatic heterocycles. The second-order valence-electron chi connectivity index (χ2n) is 23.4. The minimum Gasteiger partial charge on any atom is -0.0654 e. The highest BCUT2D eigenvalue weighted by molar-refractivity contribution is 6.10. The molecule has 0 atom stereocenters. The van der Waals surface area contributed by atoms with E-state index < -0.39 is 0 Å². The molecule has 0 fully saturated rings. The summed E-state index contributed by atoms with van der Waals surface area (Å²) in [6.07, 6.45) is 19.5. The van der Waals surface area contributed by atoms with E-state index in [9.17, 15) is 0 Å². The van der Waals surface area contributed by atoms with Crippen LogP contribution in [0.5, 0.6) is 0 Å². The Kier molecular flexibility index (Phi) is 19.4. The number of hydrogen-bond donors (Lipinski definition) is 0. The molecule has 18 rings (SSSR count). The molecule has 0 aromatic heterocycles. The molecule has 0 spiro atoms. The van der Waals surface area contributed by atoms with E-state index in [0.29, 0.717) is 0 Å². The van der Waals surface area contributed by atoms with E-state index in [4.69, 9.17) is 0 Å². The number of fused-ring (bicyclic) bond motifs is 6. The van der Waals surface area contributed by atoms with Crippen LogP contribution in [-0.2, 0) is 25.7 Å². The monoisotopic (exact) mass is 1090 g/mol. The van der Waals surface area contributed by atoms with Gasteiger partial charge in [-0.2, -0.15) is 0 Å². The van der Waals surface area contributed by atoms with Crippen LogP contribution in [0.2, 0.25) is 0 Å². The van der Waals surface area contributed by atoms with Crippen molar-refractivity contribution in [3.05, 3.63) is 265 Å². The van der Waals surface area contributed by atoms with Gasteiger partial charge in [-0.25, -0.2) is 0 Å². The summed E-state index contributed by atoms with van der Waals surface area (Å²) >= 11 is 0. The van der Waals surface area contributed by atoms with Gasteiger partial charge in [0.1, 0.15) is 0 Å². The van der Waals surface area contributed by atoms with Crippen molar-refractivity contribution in [2.75, 3.05) is 0 Å². The highest BCUT2D eigenvalue weighted by atomic mass is 14.2. The Morgan fingerprint density at radius 3 is 0.417 bits per heavy atom. The van der Waals surface area contributed by atoms with Gasteiger partial charge in [-0.3, -0.25) is 0 Å². The average Bonchev–Trinajstić information content (AvgIpc) is 3.69. The smallest absolute Gasteiger partial charge is 0.0105 e. The van der Waals surface area contributed by atoms with Gasteiger partial charge in [-0.05, 0) is 181 Å². The van der Waals surface area contributed by atoms with Crippen molar-refractivity contribution >= 4 is 108 Å². The van der Waals surface area contributed by atoms with Gasteiger partial charge >= 0.3 is 0 Å². The summed E-state index contributed by atoms with van der Waals surface area (Å²) in [6, 6.07) is 91.4. The highest BCUT2D eigenvalue weighted by Gasteiger charge is 2.11. The molecular weight excluding hydrogens is 1010 g/mol. The van der Waals surface area contributed by atoms with Crippen LogP contribution in [0.4, 0.5) is 0 Å². The van der Waals surface area contributed by atoms with Gasteiger partial charge in [-0.1, -0.05) is 322 Å². The minimum atomic E-state index is 1.13. The summed E-state index contributed by atoms with van der Waals surface area (Å²) in [4.78, 5) is 0. The zero-order valence-electron chi connectivity index (χ0n) is 50.4. The molecule has 0 radical (unpaired) electrons. The largest absolute Gasteiger partial charge is 0.0654 e. The van der Waals surface area contributed by atoms with Crippen LogP contribution in [0, 0.1) is 0 Å². The van der Waals surface area contributed by atoms with Crippen molar-refractivity contribution in [3.8, 4) is 0 Å². The van der Waals surface area contributed by atoms with Gasteiger partial charge in [0.05, 0.1) is 0 Å². The first-order chi connectivity index (χ1) is 41.5. The molecule has 0 saturated carbocycles. The lowest BCUT2D eigenvalue weighted by Crippen LogP contribution is -1.96. The summed E-state index contributed by atoms with van der Waals surface area (Å²) in [5.74, 6) is 0. The molecule has 0 saturated heterocycles. The summed E-state index contributed by atoms with van der Waals surface area (Å²) < 4.78 is 0. The first-order valence-corrected chi connectivity index (χ1v) is 32.0. The maximum Gasteiger partial charge on any atom is -0.0105 e.